The van der Waals surface area contributed by atoms with Crippen LogP contribution in [0, 0.1) is 6.92 Å². The predicted octanol–water partition coefficient (Wildman–Crippen LogP) is 3.89. The Labute approximate surface area is 162 Å². The Morgan fingerprint density at radius 3 is 2.50 bits per heavy atom. The molecule has 1 saturated carbocycles. The summed E-state index contributed by atoms with van der Waals surface area (Å²) >= 11 is 12.3. The monoisotopic (exact) mass is 397 g/mol. The average molecular weight is 398 g/mol. The lowest BCUT2D eigenvalue weighted by Crippen LogP contribution is -2.47. The van der Waals surface area contributed by atoms with Crippen molar-refractivity contribution in [2.75, 3.05) is 11.9 Å². The van der Waals surface area contributed by atoms with Crippen LogP contribution in [0.25, 0.3) is 0 Å². The molecular formula is C18H21Cl2N3O3. The van der Waals surface area contributed by atoms with Crippen LogP contribution in [-0.4, -0.2) is 34.8 Å². The van der Waals surface area contributed by atoms with Gasteiger partial charge in [-0.05, 0) is 31.4 Å². The van der Waals surface area contributed by atoms with Crippen molar-refractivity contribution in [2.45, 2.75) is 51.0 Å². The fraction of sp³-hybridized carbons (Fsp3) is 0.500. The maximum Gasteiger partial charge on any atom is 0.325 e. The minimum atomic E-state index is -0.855. The normalized spacial score (nSPS) is 19.4. The molecule has 0 aromatic heterocycles. The minimum Gasteiger partial charge on any atom is -0.323 e. The van der Waals surface area contributed by atoms with E-state index in [1.165, 1.54) is 0 Å². The van der Waals surface area contributed by atoms with Gasteiger partial charge in [0.05, 0.1) is 15.7 Å². The van der Waals surface area contributed by atoms with Crippen molar-refractivity contribution >= 4 is 46.7 Å². The molecule has 0 unspecified atom stereocenters. The molecule has 0 atom stereocenters. The molecule has 0 radical (unpaired) electrons. The Kier molecular flexibility index (Phi) is 5.44. The highest BCUT2D eigenvalue weighted by molar-refractivity contribution is 6.40. The van der Waals surface area contributed by atoms with Crippen LogP contribution < -0.4 is 10.6 Å². The molecule has 2 N–H and O–H groups in total. The second kappa shape index (κ2) is 7.45. The van der Waals surface area contributed by atoms with E-state index >= 15 is 0 Å². The highest BCUT2D eigenvalue weighted by Gasteiger charge is 2.51. The second-order valence-electron chi connectivity index (χ2n) is 6.92. The molecule has 1 aromatic carbocycles. The van der Waals surface area contributed by atoms with E-state index in [0.29, 0.717) is 22.9 Å². The van der Waals surface area contributed by atoms with Gasteiger partial charge in [-0.2, -0.15) is 0 Å². The predicted molar refractivity (Wildman–Crippen MR) is 101 cm³/mol. The average Bonchev–Trinajstić information content (AvgIpc) is 2.77. The van der Waals surface area contributed by atoms with E-state index in [4.69, 9.17) is 23.2 Å². The summed E-state index contributed by atoms with van der Waals surface area (Å²) < 4.78 is 0. The lowest BCUT2D eigenvalue weighted by Gasteiger charge is -2.24. The number of urea groups is 1. The molecule has 26 heavy (non-hydrogen) atoms. The molecule has 1 aromatic rings. The smallest absolute Gasteiger partial charge is 0.323 e. The van der Waals surface area contributed by atoms with Gasteiger partial charge < -0.3 is 10.6 Å². The number of anilines is 1. The molecule has 8 heteroatoms. The molecule has 1 aliphatic carbocycles. The fourth-order valence-corrected chi connectivity index (χ4v) is 4.05. The Bertz CT molecular complexity index is 758. The zero-order chi connectivity index (χ0) is 18.9. The van der Waals surface area contributed by atoms with Crippen molar-refractivity contribution in [3.63, 3.8) is 0 Å². The van der Waals surface area contributed by atoms with Gasteiger partial charge in [0.1, 0.15) is 12.1 Å². The zero-order valence-electron chi connectivity index (χ0n) is 14.5. The van der Waals surface area contributed by atoms with Gasteiger partial charge >= 0.3 is 6.03 Å². The van der Waals surface area contributed by atoms with Crippen molar-refractivity contribution in [1.29, 1.82) is 0 Å². The molecule has 3 rings (SSSR count). The number of amides is 4. The van der Waals surface area contributed by atoms with Crippen LogP contribution in [-0.2, 0) is 9.59 Å². The Hall–Kier alpha value is -1.79. The van der Waals surface area contributed by atoms with Crippen molar-refractivity contribution in [2.24, 2.45) is 0 Å². The summed E-state index contributed by atoms with van der Waals surface area (Å²) in [6.07, 6.45) is 5.11. The van der Waals surface area contributed by atoms with E-state index in [2.05, 4.69) is 10.6 Å². The second-order valence-corrected chi connectivity index (χ2v) is 7.70. The molecule has 4 amide bonds. The van der Waals surface area contributed by atoms with Crippen LogP contribution in [0.2, 0.25) is 10.0 Å². The Morgan fingerprint density at radius 1 is 1.19 bits per heavy atom. The highest BCUT2D eigenvalue weighted by Crippen LogP contribution is 2.34. The number of hydrogen-bond donors (Lipinski definition) is 2. The third-order valence-corrected chi connectivity index (χ3v) is 5.86. The number of halogens is 2. The van der Waals surface area contributed by atoms with Gasteiger partial charge in [-0.15, -0.1) is 0 Å². The van der Waals surface area contributed by atoms with Crippen LogP contribution in [0.15, 0.2) is 12.1 Å². The molecule has 140 valence electrons. The van der Waals surface area contributed by atoms with Crippen LogP contribution in [0.5, 0.6) is 0 Å². The lowest BCUT2D eigenvalue weighted by molar-refractivity contribution is -0.134. The number of hydrogen-bond acceptors (Lipinski definition) is 3. The number of imide groups is 1. The third kappa shape index (κ3) is 3.53. The van der Waals surface area contributed by atoms with Crippen LogP contribution in [0.4, 0.5) is 10.5 Å². The summed E-state index contributed by atoms with van der Waals surface area (Å²) in [5.41, 5.74) is 0.195. The Morgan fingerprint density at radius 2 is 1.85 bits per heavy atom. The van der Waals surface area contributed by atoms with Crippen LogP contribution in [0.1, 0.15) is 44.1 Å². The topological polar surface area (TPSA) is 78.5 Å². The highest BCUT2D eigenvalue weighted by atomic mass is 35.5. The first-order chi connectivity index (χ1) is 12.3. The lowest BCUT2D eigenvalue weighted by atomic mass is 9.90. The van der Waals surface area contributed by atoms with Crippen molar-refractivity contribution in [3.05, 3.63) is 27.7 Å². The summed E-state index contributed by atoms with van der Waals surface area (Å²) in [5, 5.41) is 6.06. The summed E-state index contributed by atoms with van der Waals surface area (Å²) in [6.45, 7) is 1.43. The van der Waals surface area contributed by atoms with Gasteiger partial charge in [-0.3, -0.25) is 14.5 Å². The van der Waals surface area contributed by atoms with E-state index in [1.807, 2.05) is 0 Å². The summed E-state index contributed by atoms with van der Waals surface area (Å²) in [4.78, 5) is 38.5. The number of benzene rings is 1. The number of aryl methyl sites for hydroxylation is 1. The van der Waals surface area contributed by atoms with E-state index < -0.39 is 17.5 Å². The maximum atomic E-state index is 12.8. The zero-order valence-corrected chi connectivity index (χ0v) is 16.0. The van der Waals surface area contributed by atoms with Crippen molar-refractivity contribution in [1.82, 2.24) is 10.2 Å². The van der Waals surface area contributed by atoms with Crippen LogP contribution in [0.3, 0.4) is 0 Å². The molecule has 6 nitrogen and oxygen atoms in total. The number of carbonyl (C=O) groups is 3. The minimum absolute atomic E-state index is 0.287. The molecule has 1 spiro atoms. The van der Waals surface area contributed by atoms with Gasteiger partial charge in [0.2, 0.25) is 5.91 Å². The van der Waals surface area contributed by atoms with Crippen molar-refractivity contribution < 1.29 is 14.4 Å². The standard InChI is InChI=1S/C18H21Cl2N3O3/c1-11-6-7-12(19)15(14(11)20)21-13(24)10-23-16(25)18(22-17(23)26)8-4-2-3-5-9-18/h6-7H,2-5,8-10H2,1H3,(H,21,24)(H,22,26). The molecule has 0 bridgehead atoms. The summed E-state index contributed by atoms with van der Waals surface area (Å²) in [7, 11) is 0. The van der Waals surface area contributed by atoms with Gasteiger partial charge in [0.25, 0.3) is 5.91 Å². The number of nitrogens with one attached hydrogen (secondary N) is 2. The number of rotatable bonds is 3. The van der Waals surface area contributed by atoms with E-state index in [-0.39, 0.29) is 18.1 Å². The van der Waals surface area contributed by atoms with Gasteiger partial charge in [-0.25, -0.2) is 4.79 Å². The van der Waals surface area contributed by atoms with Gasteiger partial charge in [0, 0.05) is 0 Å². The van der Waals surface area contributed by atoms with Crippen LogP contribution >= 0.6 is 23.2 Å². The first kappa shape index (κ1) is 19.0. The van der Waals surface area contributed by atoms with E-state index in [1.54, 1.807) is 19.1 Å². The fourth-order valence-electron chi connectivity index (χ4n) is 3.58. The molecule has 1 aliphatic heterocycles. The molecular weight excluding hydrogens is 377 g/mol. The number of carbonyl (C=O) groups excluding carboxylic acids is 3. The molecule has 2 aliphatic rings. The molecule has 1 saturated heterocycles. The first-order valence-electron chi connectivity index (χ1n) is 8.73. The maximum absolute atomic E-state index is 12.8. The third-order valence-electron chi connectivity index (χ3n) is 5.05. The summed E-state index contributed by atoms with van der Waals surface area (Å²) in [5.74, 6) is -0.838. The summed E-state index contributed by atoms with van der Waals surface area (Å²) in [6, 6.07) is 2.86. The van der Waals surface area contributed by atoms with Gasteiger partial charge in [-0.1, -0.05) is 55.0 Å². The van der Waals surface area contributed by atoms with Gasteiger partial charge in [0.15, 0.2) is 0 Å². The molecule has 1 heterocycles. The van der Waals surface area contributed by atoms with E-state index in [0.717, 1.165) is 36.1 Å². The SMILES string of the molecule is Cc1ccc(Cl)c(NC(=O)CN2C(=O)NC3(CCCCCC3)C2=O)c1Cl. The quantitative estimate of drug-likeness (QED) is 0.759. The largest absolute Gasteiger partial charge is 0.325 e. The Balaban J connectivity index is 1.73. The van der Waals surface area contributed by atoms with E-state index in [9.17, 15) is 14.4 Å². The van der Waals surface area contributed by atoms with Crippen molar-refractivity contribution in [3.8, 4) is 0 Å². The first-order valence-corrected chi connectivity index (χ1v) is 9.48. The number of nitrogens with zero attached hydrogens (tertiary/aromatic N) is 1. The molecule has 2 fully saturated rings.